The van der Waals surface area contributed by atoms with E-state index < -0.39 is 0 Å². The number of nitrogens with zero attached hydrogens (tertiary/aromatic N) is 2. The van der Waals surface area contributed by atoms with Crippen LogP contribution in [0, 0.1) is 6.92 Å². The first kappa shape index (κ1) is 20.2. The van der Waals surface area contributed by atoms with E-state index in [1.165, 1.54) is 0 Å². The van der Waals surface area contributed by atoms with Gasteiger partial charge in [0.25, 0.3) is 0 Å². The quantitative estimate of drug-likeness (QED) is 0.504. The molecule has 2 rings (SSSR count). The molecule has 1 heterocycles. The molecule has 0 spiro atoms. The van der Waals surface area contributed by atoms with Crippen molar-refractivity contribution in [1.82, 2.24) is 10.2 Å². The molecule has 2 aromatic rings. The van der Waals surface area contributed by atoms with Gasteiger partial charge in [-0.15, -0.1) is 5.10 Å². The van der Waals surface area contributed by atoms with Gasteiger partial charge in [-0.3, -0.25) is 0 Å². The fraction of sp³-hybridized carbons (Fsp3) is 0.412. The maximum atomic E-state index is 6.22. The van der Waals surface area contributed by atoms with E-state index >= 15 is 0 Å². The third kappa shape index (κ3) is 5.33. The van der Waals surface area contributed by atoms with E-state index in [-0.39, 0.29) is 0 Å². The van der Waals surface area contributed by atoms with Crippen LogP contribution in [0.1, 0.15) is 50.4 Å². The summed E-state index contributed by atoms with van der Waals surface area (Å²) in [6, 6.07) is 5.49. The summed E-state index contributed by atoms with van der Waals surface area (Å²) >= 11 is 15.8. The lowest BCUT2D eigenvalue weighted by Crippen LogP contribution is -2.00. The molecule has 1 aromatic carbocycles. The first-order valence-electron chi connectivity index (χ1n) is 7.48. The van der Waals surface area contributed by atoms with Crippen molar-refractivity contribution >= 4 is 39.1 Å². The topological polar surface area (TPSA) is 35.0 Å². The van der Waals surface area contributed by atoms with Crippen molar-refractivity contribution < 1.29 is 4.74 Å². The maximum Gasteiger partial charge on any atom is 0.239 e. The summed E-state index contributed by atoms with van der Waals surface area (Å²) in [6.45, 7) is 10.1. The average molecular weight is 420 g/mol. The van der Waals surface area contributed by atoms with Gasteiger partial charge in [-0.1, -0.05) is 66.8 Å². The molecule has 0 fully saturated rings. The van der Waals surface area contributed by atoms with Crippen LogP contribution in [0.2, 0.25) is 10.0 Å². The number of aryl methyl sites for hydroxylation is 1. The van der Waals surface area contributed by atoms with E-state index in [9.17, 15) is 0 Å². The van der Waals surface area contributed by atoms with Gasteiger partial charge in [0.1, 0.15) is 0 Å². The molecular weight excluding hydrogens is 399 g/mol. The van der Waals surface area contributed by atoms with Crippen LogP contribution in [0.5, 0.6) is 11.6 Å². The highest BCUT2D eigenvalue weighted by atomic mass is 79.9. The van der Waals surface area contributed by atoms with Crippen LogP contribution in [0.3, 0.4) is 0 Å². The highest BCUT2D eigenvalue weighted by Gasteiger charge is 2.14. The van der Waals surface area contributed by atoms with Crippen molar-refractivity contribution in [3.63, 3.8) is 0 Å². The molecule has 0 saturated heterocycles. The molecule has 6 heteroatoms. The van der Waals surface area contributed by atoms with Gasteiger partial charge >= 0.3 is 0 Å². The Morgan fingerprint density at radius 1 is 1.09 bits per heavy atom. The summed E-state index contributed by atoms with van der Waals surface area (Å²) in [4.78, 5) is 0. The van der Waals surface area contributed by atoms with Crippen molar-refractivity contribution in [3.8, 4) is 11.6 Å². The summed E-state index contributed by atoms with van der Waals surface area (Å²) < 4.78 is 5.73. The van der Waals surface area contributed by atoms with E-state index in [4.69, 9.17) is 27.9 Å². The van der Waals surface area contributed by atoms with E-state index in [1.807, 2.05) is 39.0 Å². The lowest BCUT2D eigenvalue weighted by molar-refractivity contribution is 0.453. The van der Waals surface area contributed by atoms with Gasteiger partial charge < -0.3 is 4.74 Å². The fourth-order valence-electron chi connectivity index (χ4n) is 1.97. The second kappa shape index (κ2) is 9.45. The molecule has 0 unspecified atom stereocenters. The van der Waals surface area contributed by atoms with E-state index in [2.05, 4.69) is 40.0 Å². The summed E-state index contributed by atoms with van der Waals surface area (Å²) in [5.41, 5.74) is 2.96. The van der Waals surface area contributed by atoms with Gasteiger partial charge in [0.2, 0.25) is 5.88 Å². The van der Waals surface area contributed by atoms with Gasteiger partial charge in [0, 0.05) is 11.4 Å². The molecule has 0 aliphatic heterocycles. The first-order chi connectivity index (χ1) is 10.9. The molecule has 0 saturated carbocycles. The average Bonchev–Trinajstić information content (AvgIpc) is 2.53. The Morgan fingerprint density at radius 2 is 1.65 bits per heavy atom. The molecule has 0 radical (unpaired) electrons. The number of hydrogen-bond acceptors (Lipinski definition) is 3. The fourth-order valence-corrected chi connectivity index (χ4v) is 2.91. The Morgan fingerprint density at radius 3 is 2.13 bits per heavy atom. The van der Waals surface area contributed by atoms with Gasteiger partial charge in [-0.05, 0) is 36.1 Å². The molecular formula is C17H21BrCl2N2O. The molecule has 0 aliphatic carbocycles. The number of hydrogen-bond donors (Lipinski definition) is 0. The normalized spacial score (nSPS) is 10.3. The van der Waals surface area contributed by atoms with Crippen LogP contribution in [0.4, 0.5) is 0 Å². The lowest BCUT2D eigenvalue weighted by Gasteiger charge is -2.13. The SMILES string of the molecule is CC.Cc1nnc(Oc2c(Cl)cc(CBr)cc2Cl)cc1C(C)C. The van der Waals surface area contributed by atoms with Gasteiger partial charge in [0.15, 0.2) is 5.75 Å². The molecule has 0 atom stereocenters. The summed E-state index contributed by atoms with van der Waals surface area (Å²) in [7, 11) is 0. The molecule has 3 nitrogen and oxygen atoms in total. The molecule has 0 bridgehead atoms. The molecule has 0 N–H and O–H groups in total. The monoisotopic (exact) mass is 418 g/mol. The van der Waals surface area contributed by atoms with Gasteiger partial charge in [-0.2, -0.15) is 5.10 Å². The molecule has 0 aliphatic rings. The second-order valence-electron chi connectivity index (χ2n) is 5.00. The maximum absolute atomic E-state index is 6.22. The van der Waals surface area contributed by atoms with E-state index in [1.54, 1.807) is 0 Å². The predicted molar refractivity (Wildman–Crippen MR) is 101 cm³/mol. The minimum atomic E-state index is 0.338. The summed E-state index contributed by atoms with van der Waals surface area (Å²) in [5.74, 6) is 1.13. The van der Waals surface area contributed by atoms with Crippen LogP contribution in [0.25, 0.3) is 0 Å². The van der Waals surface area contributed by atoms with Crippen molar-refractivity contribution in [2.75, 3.05) is 0 Å². The molecule has 126 valence electrons. The summed E-state index contributed by atoms with van der Waals surface area (Å²) in [6.07, 6.45) is 0. The summed E-state index contributed by atoms with van der Waals surface area (Å²) in [5, 5.41) is 9.74. The Hall–Kier alpha value is -0.840. The Kier molecular flexibility index (Phi) is 8.31. The number of aromatic nitrogens is 2. The van der Waals surface area contributed by atoms with Gasteiger partial charge in [-0.25, -0.2) is 0 Å². The molecule has 0 amide bonds. The first-order valence-corrected chi connectivity index (χ1v) is 9.36. The smallest absolute Gasteiger partial charge is 0.239 e. The van der Waals surface area contributed by atoms with Crippen molar-refractivity contribution in [1.29, 1.82) is 0 Å². The molecule has 1 aromatic heterocycles. The minimum Gasteiger partial charge on any atom is -0.434 e. The van der Waals surface area contributed by atoms with Crippen LogP contribution in [-0.4, -0.2) is 10.2 Å². The third-order valence-electron chi connectivity index (χ3n) is 3.04. The Labute approximate surface area is 156 Å². The number of benzene rings is 1. The highest BCUT2D eigenvalue weighted by Crippen LogP contribution is 2.37. The number of alkyl halides is 1. The predicted octanol–water partition coefficient (Wildman–Crippen LogP) is 6.93. The highest BCUT2D eigenvalue weighted by molar-refractivity contribution is 9.08. The lowest BCUT2D eigenvalue weighted by atomic mass is 10.0. The molecule has 23 heavy (non-hydrogen) atoms. The Bertz CT molecular complexity index is 640. The number of ether oxygens (including phenoxy) is 1. The number of rotatable bonds is 4. The largest absolute Gasteiger partial charge is 0.434 e. The Balaban J connectivity index is 0.00000127. The van der Waals surface area contributed by atoms with Crippen molar-refractivity contribution in [3.05, 3.63) is 45.1 Å². The zero-order chi connectivity index (χ0) is 17.6. The number of halogens is 3. The van der Waals surface area contributed by atoms with Crippen LogP contribution in [0.15, 0.2) is 18.2 Å². The van der Waals surface area contributed by atoms with Crippen LogP contribution in [-0.2, 0) is 5.33 Å². The van der Waals surface area contributed by atoms with E-state index in [0.717, 1.165) is 16.8 Å². The van der Waals surface area contributed by atoms with Crippen LogP contribution < -0.4 is 4.74 Å². The van der Waals surface area contributed by atoms with E-state index in [0.29, 0.717) is 32.9 Å². The standard InChI is InChI=1S/C15H15BrCl2N2O.C2H6/c1-8(2)11-6-14(20-19-9(11)3)21-15-12(17)4-10(7-16)5-13(15)18;1-2/h4-6,8H,7H2,1-3H3;1-2H3. The van der Waals surface area contributed by atoms with Gasteiger partial charge in [0.05, 0.1) is 15.7 Å². The van der Waals surface area contributed by atoms with Crippen molar-refractivity contribution in [2.24, 2.45) is 0 Å². The zero-order valence-corrected chi connectivity index (χ0v) is 17.1. The second-order valence-corrected chi connectivity index (χ2v) is 6.38. The van der Waals surface area contributed by atoms with Crippen molar-refractivity contribution in [2.45, 2.75) is 45.9 Å². The van der Waals surface area contributed by atoms with Crippen LogP contribution >= 0.6 is 39.1 Å². The minimum absolute atomic E-state index is 0.338. The third-order valence-corrected chi connectivity index (χ3v) is 4.25. The zero-order valence-electron chi connectivity index (χ0n) is 14.0.